The molecule has 1 aromatic heterocycles. The zero-order valence-electron chi connectivity index (χ0n) is 10.3. The quantitative estimate of drug-likeness (QED) is 0.556. The molecule has 0 unspecified atom stereocenters. The first-order valence-corrected chi connectivity index (χ1v) is 6.49. The molecule has 0 aliphatic carbocycles. The van der Waals surface area contributed by atoms with Crippen molar-refractivity contribution in [3.8, 4) is 0 Å². The topological polar surface area (TPSA) is 95.5 Å². The van der Waals surface area contributed by atoms with Gasteiger partial charge in [-0.05, 0) is 12.5 Å². The molecule has 1 rings (SSSR count). The lowest BCUT2D eigenvalue weighted by Crippen LogP contribution is -2.40. The van der Waals surface area contributed by atoms with Crippen LogP contribution in [0.1, 0.15) is 28.6 Å². The Morgan fingerprint density at radius 2 is 2.05 bits per heavy atom. The van der Waals surface area contributed by atoms with Gasteiger partial charge in [-0.25, -0.2) is 4.79 Å². The van der Waals surface area contributed by atoms with Gasteiger partial charge >= 0.3 is 5.97 Å². The van der Waals surface area contributed by atoms with Gasteiger partial charge < -0.3 is 5.11 Å². The summed E-state index contributed by atoms with van der Waals surface area (Å²) in [7, 11) is 0. The Labute approximate surface area is 114 Å². The molecule has 0 saturated heterocycles. The number of carboxylic acid groups (broad SMARTS) is 1. The second-order valence-corrected chi connectivity index (χ2v) is 4.66. The average Bonchev–Trinajstić information content (AvgIpc) is 2.82. The van der Waals surface area contributed by atoms with Gasteiger partial charge in [0.1, 0.15) is 0 Å². The van der Waals surface area contributed by atoms with Gasteiger partial charge in [0.05, 0.1) is 5.56 Å². The minimum atomic E-state index is -1.23. The molecule has 1 heterocycles. The number of rotatable bonds is 5. The van der Waals surface area contributed by atoms with Crippen molar-refractivity contribution >= 4 is 29.1 Å². The normalized spacial score (nSPS) is 10.4. The highest BCUT2D eigenvalue weighted by molar-refractivity contribution is 7.10. The van der Waals surface area contributed by atoms with E-state index in [4.69, 9.17) is 5.11 Å². The molecule has 6 nitrogen and oxygen atoms in total. The van der Waals surface area contributed by atoms with E-state index in [-0.39, 0.29) is 0 Å². The van der Waals surface area contributed by atoms with Crippen molar-refractivity contribution in [2.45, 2.75) is 19.8 Å². The van der Waals surface area contributed by atoms with Gasteiger partial charge in [-0.1, -0.05) is 13.3 Å². The Morgan fingerprint density at radius 1 is 1.32 bits per heavy atom. The molecule has 19 heavy (non-hydrogen) atoms. The molecule has 3 N–H and O–H groups in total. The van der Waals surface area contributed by atoms with Gasteiger partial charge in [-0.2, -0.15) is 0 Å². The number of nitrogens with one attached hydrogen (secondary N) is 2. The maximum Gasteiger partial charge on any atom is 0.328 e. The second kappa shape index (κ2) is 7.32. The van der Waals surface area contributed by atoms with E-state index in [1.54, 1.807) is 11.4 Å². The molecule has 0 bridgehead atoms. The minimum Gasteiger partial charge on any atom is -0.478 e. The number of amides is 2. The van der Waals surface area contributed by atoms with Crippen LogP contribution in [0.2, 0.25) is 0 Å². The highest BCUT2D eigenvalue weighted by Gasteiger charge is 2.08. The Balaban J connectivity index is 2.46. The Hall–Kier alpha value is -2.15. The third kappa shape index (κ3) is 5.35. The van der Waals surface area contributed by atoms with Crippen LogP contribution in [0.15, 0.2) is 23.6 Å². The first-order valence-electron chi connectivity index (χ1n) is 5.61. The summed E-state index contributed by atoms with van der Waals surface area (Å²) < 4.78 is 0. The number of hydrazine groups is 1. The summed E-state index contributed by atoms with van der Waals surface area (Å²) in [4.78, 5) is 34.0. The van der Waals surface area contributed by atoms with Crippen molar-refractivity contribution < 1.29 is 19.5 Å². The van der Waals surface area contributed by atoms with E-state index in [1.807, 2.05) is 0 Å². The van der Waals surface area contributed by atoms with E-state index in [1.165, 1.54) is 11.3 Å². The Kier molecular flexibility index (Phi) is 5.74. The molecule has 0 aliphatic rings. The molecule has 0 atom stereocenters. The monoisotopic (exact) mass is 282 g/mol. The van der Waals surface area contributed by atoms with Crippen molar-refractivity contribution in [1.82, 2.24) is 10.9 Å². The van der Waals surface area contributed by atoms with Crippen molar-refractivity contribution in [3.05, 3.63) is 34.0 Å². The molecule has 0 saturated carbocycles. The van der Waals surface area contributed by atoms with Crippen LogP contribution in [0.3, 0.4) is 0 Å². The third-order valence-electron chi connectivity index (χ3n) is 2.09. The number of aryl methyl sites for hydroxylation is 1. The average molecular weight is 282 g/mol. The van der Waals surface area contributed by atoms with E-state index in [0.717, 1.165) is 23.8 Å². The highest BCUT2D eigenvalue weighted by atomic mass is 32.1. The molecule has 0 aliphatic heterocycles. The molecule has 0 fully saturated rings. The van der Waals surface area contributed by atoms with Crippen molar-refractivity contribution in [2.24, 2.45) is 0 Å². The number of hydrogen-bond donors (Lipinski definition) is 3. The van der Waals surface area contributed by atoms with Crippen LogP contribution in [0.25, 0.3) is 0 Å². The summed E-state index contributed by atoms with van der Waals surface area (Å²) in [5.41, 5.74) is 4.76. The molecule has 0 aromatic carbocycles. The zero-order valence-corrected chi connectivity index (χ0v) is 11.1. The summed E-state index contributed by atoms with van der Waals surface area (Å²) in [5.74, 6) is -2.38. The first kappa shape index (κ1) is 14.9. The lowest BCUT2D eigenvalue weighted by atomic mass is 10.2. The van der Waals surface area contributed by atoms with Crippen molar-refractivity contribution in [2.75, 3.05) is 0 Å². The molecule has 2 amide bonds. The fraction of sp³-hybridized carbons (Fsp3) is 0.250. The van der Waals surface area contributed by atoms with Crippen LogP contribution in [-0.2, 0) is 16.0 Å². The van der Waals surface area contributed by atoms with Gasteiger partial charge in [0.2, 0.25) is 0 Å². The highest BCUT2D eigenvalue weighted by Crippen LogP contribution is 2.16. The molecule has 102 valence electrons. The zero-order chi connectivity index (χ0) is 14.3. The van der Waals surface area contributed by atoms with Crippen LogP contribution in [0.5, 0.6) is 0 Å². The lowest BCUT2D eigenvalue weighted by molar-refractivity contribution is -0.131. The number of thiophene rings is 1. The SMILES string of the molecule is CCCc1cc(C(=O)NNC(=O)C=CC(=O)O)cs1. The molecular formula is C12H14N2O4S. The third-order valence-corrected chi connectivity index (χ3v) is 3.09. The smallest absolute Gasteiger partial charge is 0.328 e. The summed E-state index contributed by atoms with van der Waals surface area (Å²) in [6.07, 6.45) is 3.41. The second-order valence-electron chi connectivity index (χ2n) is 3.67. The summed E-state index contributed by atoms with van der Waals surface area (Å²) in [6.45, 7) is 2.05. The molecule has 7 heteroatoms. The fourth-order valence-electron chi connectivity index (χ4n) is 1.26. The van der Waals surface area contributed by atoms with Gasteiger partial charge in [-0.15, -0.1) is 11.3 Å². The summed E-state index contributed by atoms with van der Waals surface area (Å²) >= 11 is 1.49. The predicted octanol–water partition coefficient (Wildman–Crippen LogP) is 1.10. The van der Waals surface area contributed by atoms with E-state index in [2.05, 4.69) is 17.8 Å². The van der Waals surface area contributed by atoms with Crippen molar-refractivity contribution in [1.29, 1.82) is 0 Å². The first-order chi connectivity index (χ1) is 9.02. The number of carboxylic acids is 1. The Bertz CT molecular complexity index is 508. The van der Waals surface area contributed by atoms with Crippen LogP contribution in [0.4, 0.5) is 0 Å². The van der Waals surface area contributed by atoms with Crippen LogP contribution < -0.4 is 10.9 Å². The number of carbonyl (C=O) groups excluding carboxylic acids is 2. The maximum absolute atomic E-state index is 11.6. The molecular weight excluding hydrogens is 268 g/mol. The molecule has 1 aromatic rings. The number of aliphatic carboxylic acids is 1. The van der Waals surface area contributed by atoms with E-state index >= 15 is 0 Å². The largest absolute Gasteiger partial charge is 0.478 e. The Morgan fingerprint density at radius 3 is 2.68 bits per heavy atom. The van der Waals surface area contributed by atoms with Gasteiger partial charge in [0.25, 0.3) is 11.8 Å². The fourth-order valence-corrected chi connectivity index (χ4v) is 2.23. The van der Waals surface area contributed by atoms with Crippen LogP contribution in [-0.4, -0.2) is 22.9 Å². The molecule has 0 radical (unpaired) electrons. The standard InChI is InChI=1S/C12H14N2O4S/c1-2-3-9-6-8(7-19-9)12(18)14-13-10(15)4-5-11(16)17/h4-7H,2-3H2,1H3,(H,13,15)(H,14,18)(H,16,17). The number of hydrogen-bond acceptors (Lipinski definition) is 4. The van der Waals surface area contributed by atoms with E-state index < -0.39 is 17.8 Å². The predicted molar refractivity (Wildman–Crippen MR) is 70.7 cm³/mol. The van der Waals surface area contributed by atoms with Crippen LogP contribution in [0, 0.1) is 0 Å². The van der Waals surface area contributed by atoms with Gasteiger partial charge in [0, 0.05) is 22.4 Å². The van der Waals surface area contributed by atoms with E-state index in [0.29, 0.717) is 11.6 Å². The lowest BCUT2D eigenvalue weighted by Gasteiger charge is -2.02. The van der Waals surface area contributed by atoms with Crippen molar-refractivity contribution in [3.63, 3.8) is 0 Å². The minimum absolute atomic E-state index is 0.435. The maximum atomic E-state index is 11.6. The van der Waals surface area contributed by atoms with Gasteiger partial charge in [0.15, 0.2) is 0 Å². The summed E-state index contributed by atoms with van der Waals surface area (Å²) in [5, 5.41) is 10.0. The van der Waals surface area contributed by atoms with Gasteiger partial charge in [-0.3, -0.25) is 20.4 Å². The van der Waals surface area contributed by atoms with E-state index in [9.17, 15) is 14.4 Å². The number of carbonyl (C=O) groups is 3. The van der Waals surface area contributed by atoms with Crippen LogP contribution >= 0.6 is 11.3 Å². The summed E-state index contributed by atoms with van der Waals surface area (Å²) in [6, 6.07) is 1.77. The molecule has 0 spiro atoms.